The van der Waals surface area contributed by atoms with Crippen molar-refractivity contribution >= 4 is 17.5 Å². The van der Waals surface area contributed by atoms with Crippen molar-refractivity contribution in [1.82, 2.24) is 19.9 Å². The van der Waals surface area contributed by atoms with Crippen molar-refractivity contribution < 1.29 is 5.11 Å². The van der Waals surface area contributed by atoms with Gasteiger partial charge in [0.15, 0.2) is 0 Å². The fourth-order valence-corrected chi connectivity index (χ4v) is 3.81. The monoisotopic (exact) mass is 360 g/mol. The molecular formula is C20H20N6O. The fraction of sp³-hybridized carbons (Fsp3) is 0.300. The fourth-order valence-electron chi connectivity index (χ4n) is 3.81. The second kappa shape index (κ2) is 6.59. The molecule has 0 atom stereocenters. The number of aliphatic hydroxyl groups excluding tert-OH is 1. The highest BCUT2D eigenvalue weighted by Crippen LogP contribution is 2.41. The second-order valence-electron chi connectivity index (χ2n) is 7.05. The highest BCUT2D eigenvalue weighted by molar-refractivity contribution is 5.95. The first-order valence-electron chi connectivity index (χ1n) is 9.26. The lowest BCUT2D eigenvalue weighted by atomic mass is 9.93. The number of nitrogens with zero attached hydrogens (tertiary/aromatic N) is 4. The normalized spacial score (nSPS) is 20.5. The van der Waals surface area contributed by atoms with Crippen molar-refractivity contribution in [3.05, 3.63) is 43.0 Å². The molecule has 7 heteroatoms. The van der Waals surface area contributed by atoms with Crippen LogP contribution in [0.2, 0.25) is 0 Å². The summed E-state index contributed by atoms with van der Waals surface area (Å²) in [5, 5.41) is 16.5. The van der Waals surface area contributed by atoms with E-state index in [-0.39, 0.29) is 6.10 Å². The molecule has 0 radical (unpaired) electrons. The molecule has 0 unspecified atom stereocenters. The number of hydrogen-bond acceptors (Lipinski definition) is 7. The SMILES string of the molecule is O[C@H]1CC[C@H](Nc2ncc3c(n2)-c2cccnc2Nc2cnccc2-3)CC1. The third-order valence-corrected chi connectivity index (χ3v) is 5.25. The van der Waals surface area contributed by atoms with Crippen molar-refractivity contribution in [1.29, 1.82) is 0 Å². The summed E-state index contributed by atoms with van der Waals surface area (Å²) < 4.78 is 0. The lowest BCUT2D eigenvalue weighted by Gasteiger charge is -2.26. The van der Waals surface area contributed by atoms with Gasteiger partial charge in [0, 0.05) is 41.3 Å². The summed E-state index contributed by atoms with van der Waals surface area (Å²) in [5.74, 6) is 1.37. The number of nitrogens with one attached hydrogen (secondary N) is 2. The topological polar surface area (TPSA) is 95.9 Å². The van der Waals surface area contributed by atoms with Gasteiger partial charge in [0.05, 0.1) is 23.7 Å². The van der Waals surface area contributed by atoms with E-state index in [4.69, 9.17) is 4.98 Å². The molecule has 2 aliphatic rings. The third-order valence-electron chi connectivity index (χ3n) is 5.25. The molecule has 0 saturated heterocycles. The molecule has 1 fully saturated rings. The molecule has 3 N–H and O–H groups in total. The molecule has 0 bridgehead atoms. The zero-order chi connectivity index (χ0) is 18.2. The van der Waals surface area contributed by atoms with Crippen molar-refractivity contribution in [2.75, 3.05) is 10.6 Å². The Kier molecular flexibility index (Phi) is 3.94. The van der Waals surface area contributed by atoms with E-state index in [2.05, 4.69) is 25.6 Å². The smallest absolute Gasteiger partial charge is 0.223 e. The van der Waals surface area contributed by atoms with Crippen LogP contribution in [0.5, 0.6) is 0 Å². The van der Waals surface area contributed by atoms with Crippen molar-refractivity contribution in [2.45, 2.75) is 37.8 Å². The Hall–Kier alpha value is -3.06. The number of anilines is 3. The lowest BCUT2D eigenvalue weighted by molar-refractivity contribution is 0.126. The highest BCUT2D eigenvalue weighted by Gasteiger charge is 2.24. The van der Waals surface area contributed by atoms with Crippen molar-refractivity contribution in [2.24, 2.45) is 0 Å². The van der Waals surface area contributed by atoms with Crippen LogP contribution in [0.3, 0.4) is 0 Å². The quantitative estimate of drug-likeness (QED) is 0.504. The van der Waals surface area contributed by atoms with Crippen molar-refractivity contribution in [3.63, 3.8) is 0 Å². The molecule has 3 aromatic rings. The van der Waals surface area contributed by atoms with Crippen LogP contribution in [0.15, 0.2) is 43.0 Å². The van der Waals surface area contributed by atoms with Gasteiger partial charge in [-0.3, -0.25) is 4.98 Å². The Morgan fingerprint density at radius 1 is 0.963 bits per heavy atom. The number of aromatic nitrogens is 4. The van der Waals surface area contributed by atoms with E-state index >= 15 is 0 Å². The number of rotatable bonds is 2. The molecule has 136 valence electrons. The second-order valence-corrected chi connectivity index (χ2v) is 7.05. The van der Waals surface area contributed by atoms with E-state index < -0.39 is 0 Å². The molecule has 4 heterocycles. The van der Waals surface area contributed by atoms with Crippen LogP contribution in [0.4, 0.5) is 17.5 Å². The molecule has 0 spiro atoms. The number of pyridine rings is 2. The lowest BCUT2D eigenvalue weighted by Crippen LogP contribution is -2.29. The van der Waals surface area contributed by atoms with Crippen molar-refractivity contribution in [3.8, 4) is 22.4 Å². The van der Waals surface area contributed by atoms with Crippen LogP contribution < -0.4 is 10.6 Å². The zero-order valence-electron chi connectivity index (χ0n) is 14.8. The highest BCUT2D eigenvalue weighted by atomic mass is 16.3. The summed E-state index contributed by atoms with van der Waals surface area (Å²) in [7, 11) is 0. The van der Waals surface area contributed by atoms with Crippen LogP contribution in [0.25, 0.3) is 22.4 Å². The number of hydrogen-bond donors (Lipinski definition) is 3. The van der Waals surface area contributed by atoms with E-state index in [1.54, 1.807) is 18.6 Å². The summed E-state index contributed by atoms with van der Waals surface area (Å²) >= 11 is 0. The summed E-state index contributed by atoms with van der Waals surface area (Å²) in [5.41, 5.74) is 4.64. The molecular weight excluding hydrogens is 340 g/mol. The van der Waals surface area contributed by atoms with Crippen LogP contribution >= 0.6 is 0 Å². The van der Waals surface area contributed by atoms with E-state index in [0.29, 0.717) is 12.0 Å². The summed E-state index contributed by atoms with van der Waals surface area (Å²) in [6.45, 7) is 0. The van der Waals surface area contributed by atoms with Gasteiger partial charge in [0.2, 0.25) is 5.95 Å². The molecule has 27 heavy (non-hydrogen) atoms. The van der Waals surface area contributed by atoms with Gasteiger partial charge < -0.3 is 15.7 Å². The first-order valence-corrected chi connectivity index (χ1v) is 9.26. The van der Waals surface area contributed by atoms with Gasteiger partial charge in [-0.1, -0.05) is 0 Å². The number of aliphatic hydroxyl groups is 1. The van der Waals surface area contributed by atoms with E-state index in [0.717, 1.165) is 59.6 Å². The van der Waals surface area contributed by atoms with Gasteiger partial charge in [0.1, 0.15) is 5.82 Å². The standard InChI is InChI=1S/C20H20N6O/c27-13-5-3-12(4-6-13)24-20-23-10-16-14-7-9-21-11-17(14)25-19-15(18(16)26-20)2-1-8-22-19/h1-2,7-13,27H,3-6H2,(H,22,25)(H,23,24,26)/t12-,13-. The van der Waals surface area contributed by atoms with Gasteiger partial charge in [-0.05, 0) is 43.9 Å². The largest absolute Gasteiger partial charge is 0.393 e. The Morgan fingerprint density at radius 3 is 2.74 bits per heavy atom. The van der Waals surface area contributed by atoms with Gasteiger partial charge in [-0.2, -0.15) is 0 Å². The first kappa shape index (κ1) is 16.1. The third kappa shape index (κ3) is 3.00. The Morgan fingerprint density at radius 2 is 1.85 bits per heavy atom. The molecule has 1 aliphatic carbocycles. The Labute approximate surface area is 156 Å². The van der Waals surface area contributed by atoms with E-state index in [9.17, 15) is 5.11 Å². The van der Waals surface area contributed by atoms with Gasteiger partial charge in [0.25, 0.3) is 0 Å². The molecule has 5 rings (SSSR count). The van der Waals surface area contributed by atoms with E-state index in [1.165, 1.54) is 0 Å². The maximum absolute atomic E-state index is 9.71. The van der Waals surface area contributed by atoms with Gasteiger partial charge in [-0.15, -0.1) is 0 Å². The minimum Gasteiger partial charge on any atom is -0.393 e. The molecule has 3 aromatic heterocycles. The van der Waals surface area contributed by atoms with Gasteiger partial charge >= 0.3 is 0 Å². The molecule has 0 amide bonds. The summed E-state index contributed by atoms with van der Waals surface area (Å²) in [6.07, 6.45) is 10.5. The predicted molar refractivity (Wildman–Crippen MR) is 104 cm³/mol. The number of fused-ring (bicyclic) bond motifs is 5. The van der Waals surface area contributed by atoms with E-state index in [1.807, 2.05) is 24.4 Å². The molecule has 0 aromatic carbocycles. The van der Waals surface area contributed by atoms with Crippen LogP contribution in [-0.2, 0) is 0 Å². The minimum atomic E-state index is -0.176. The average molecular weight is 360 g/mol. The molecule has 1 aliphatic heterocycles. The Balaban J connectivity index is 1.57. The minimum absolute atomic E-state index is 0.176. The Bertz CT molecular complexity index is 984. The molecule has 7 nitrogen and oxygen atoms in total. The first-order chi connectivity index (χ1) is 13.3. The predicted octanol–water partition coefficient (Wildman–Crippen LogP) is 3.37. The maximum Gasteiger partial charge on any atom is 0.223 e. The maximum atomic E-state index is 9.71. The van der Waals surface area contributed by atoms with Crippen LogP contribution in [0.1, 0.15) is 25.7 Å². The molecule has 1 saturated carbocycles. The average Bonchev–Trinajstić information content (AvgIpc) is 2.84. The van der Waals surface area contributed by atoms with Crippen LogP contribution in [-0.4, -0.2) is 37.2 Å². The summed E-state index contributed by atoms with van der Waals surface area (Å²) in [4.78, 5) is 18.1. The summed E-state index contributed by atoms with van der Waals surface area (Å²) in [6, 6.07) is 6.18. The zero-order valence-corrected chi connectivity index (χ0v) is 14.8. The van der Waals surface area contributed by atoms with Gasteiger partial charge in [-0.25, -0.2) is 15.0 Å². The van der Waals surface area contributed by atoms with Crippen LogP contribution in [0, 0.1) is 0 Å².